The maximum Gasteiger partial charge on any atom is -1.00 e. The van der Waals surface area contributed by atoms with Gasteiger partial charge >= 0.3 is 31.3 Å². The third-order valence-electron chi connectivity index (χ3n) is 0. The molecule has 0 amide bonds. The van der Waals surface area contributed by atoms with Gasteiger partial charge in [0.25, 0.3) is 0 Å². The second-order valence-corrected chi connectivity index (χ2v) is 0.842. The van der Waals surface area contributed by atoms with Crippen molar-refractivity contribution in [1.29, 1.82) is 0 Å². The van der Waals surface area contributed by atoms with Crippen molar-refractivity contribution in [1.82, 2.24) is 0 Å². The maximum absolute atomic E-state index is 4.25. The van der Waals surface area contributed by atoms with Crippen LogP contribution in [0.4, 0.5) is 0 Å². The van der Waals surface area contributed by atoms with Crippen molar-refractivity contribution < 1.29 is 49.0 Å². The first-order valence-electron chi connectivity index (χ1n) is 0.612. The van der Waals surface area contributed by atoms with Gasteiger partial charge in [0.2, 0.25) is 0 Å². The molecule has 0 spiro atoms. The summed E-state index contributed by atoms with van der Waals surface area (Å²) in [5, 5.41) is 0. The fourth-order valence-corrected chi connectivity index (χ4v) is 0. The minimum absolute atomic E-state index is 0. The van der Waals surface area contributed by atoms with Crippen LogP contribution in [-0.4, -0.2) is 7.11 Å². The second-order valence-electron chi connectivity index (χ2n) is 0.204. The molecule has 0 atom stereocenters. The van der Waals surface area contributed by atoms with Gasteiger partial charge in [-0.05, 0) is 0 Å². The van der Waals surface area contributed by atoms with Crippen LogP contribution >= 0.6 is 0 Å². The molecule has 4 heteroatoms. The Bertz CT molecular complexity index is 9.61. The van der Waals surface area contributed by atoms with Gasteiger partial charge in [0, 0.05) is 0 Å². The standard InChI is InChI=1S/CH3O.2ClH.Ti/c1-2;;;/h1H3;2*1H;/q-1;;;+3/p-2. The Hall–Kier alpha value is 1.25. The minimum Gasteiger partial charge on any atom is -1.00 e. The summed E-state index contributed by atoms with van der Waals surface area (Å²) in [6.07, 6.45) is 0. The molecule has 0 aromatic carbocycles. The summed E-state index contributed by atoms with van der Waals surface area (Å²) in [6.45, 7) is 0. The molecule has 0 bridgehead atoms. The fourth-order valence-electron chi connectivity index (χ4n) is 0. The molecule has 0 N–H and O–H groups in total. The topological polar surface area (TPSA) is 9.23 Å². The molecule has 0 unspecified atom stereocenters. The molecular formula is CH3Cl2OTi. The summed E-state index contributed by atoms with van der Waals surface area (Å²) < 4.78 is 4.25. The van der Waals surface area contributed by atoms with Crippen molar-refractivity contribution in [3.05, 3.63) is 0 Å². The third kappa shape index (κ3) is 35.4. The Balaban J connectivity index is -0.0000000200. The van der Waals surface area contributed by atoms with E-state index in [0.29, 0.717) is 0 Å². The van der Waals surface area contributed by atoms with E-state index in [4.69, 9.17) is 0 Å². The average molecular weight is 150 g/mol. The van der Waals surface area contributed by atoms with Gasteiger partial charge in [-0.2, -0.15) is 0 Å². The van der Waals surface area contributed by atoms with Gasteiger partial charge < -0.3 is 24.8 Å². The Labute approximate surface area is 56.2 Å². The van der Waals surface area contributed by atoms with E-state index in [9.17, 15) is 0 Å². The minimum atomic E-state index is 0. The quantitative estimate of drug-likeness (QED) is 0.312. The molecule has 0 aromatic heterocycles. The summed E-state index contributed by atoms with van der Waals surface area (Å²) in [5.74, 6) is 0. The largest absolute Gasteiger partial charge is 1.00 e. The second kappa shape index (κ2) is 18.7. The van der Waals surface area contributed by atoms with Crippen LogP contribution in [0.1, 0.15) is 0 Å². The van der Waals surface area contributed by atoms with E-state index in [0.717, 1.165) is 0 Å². The Kier molecular flexibility index (Phi) is 61.0. The molecule has 0 heterocycles. The van der Waals surface area contributed by atoms with Crippen LogP contribution in [0, 0.1) is 0 Å². The monoisotopic (exact) mass is 149 g/mol. The molecule has 0 aromatic rings. The summed E-state index contributed by atoms with van der Waals surface area (Å²) in [5.41, 5.74) is 0. The van der Waals surface area contributed by atoms with Crippen LogP contribution in [0.5, 0.6) is 0 Å². The average Bonchev–Trinajstić information content (AvgIpc) is 0.918. The molecule has 5 heavy (non-hydrogen) atoms. The molecule has 0 saturated heterocycles. The molecule has 0 aliphatic rings. The summed E-state index contributed by atoms with van der Waals surface area (Å²) in [4.78, 5) is 0. The van der Waals surface area contributed by atoms with Crippen LogP contribution in [0.2, 0.25) is 0 Å². The van der Waals surface area contributed by atoms with E-state index in [1.54, 1.807) is 27.9 Å². The smallest absolute Gasteiger partial charge is 1.00 e. The predicted molar refractivity (Wildman–Crippen MR) is 7.01 cm³/mol. The number of halogens is 2. The van der Waals surface area contributed by atoms with Gasteiger partial charge in [0.15, 0.2) is 0 Å². The molecule has 0 rings (SSSR count). The summed E-state index contributed by atoms with van der Waals surface area (Å²) >= 11 is 1.62. The zero-order valence-electron chi connectivity index (χ0n) is 2.66. The van der Waals surface area contributed by atoms with Crippen molar-refractivity contribution in [2.24, 2.45) is 0 Å². The Morgan fingerprint density at radius 3 is 1.40 bits per heavy atom. The van der Waals surface area contributed by atoms with Gasteiger partial charge in [0.1, 0.15) is 0 Å². The van der Waals surface area contributed by atoms with Crippen molar-refractivity contribution in [3.63, 3.8) is 0 Å². The summed E-state index contributed by atoms with van der Waals surface area (Å²) in [6, 6.07) is 0. The van der Waals surface area contributed by atoms with Crippen molar-refractivity contribution in [2.75, 3.05) is 7.11 Å². The van der Waals surface area contributed by atoms with Crippen molar-refractivity contribution >= 4 is 0 Å². The molecule has 31 valence electrons. The molecule has 0 radical (unpaired) electrons. The molecule has 0 fully saturated rings. The normalized spacial score (nSPS) is 3.80. The van der Waals surface area contributed by atoms with Crippen LogP contribution in [-0.2, 0) is 24.1 Å². The van der Waals surface area contributed by atoms with Gasteiger partial charge in [-0.1, -0.05) is 0 Å². The first-order chi connectivity index (χ1) is 1.41. The van der Waals surface area contributed by atoms with E-state index in [-0.39, 0.29) is 24.8 Å². The van der Waals surface area contributed by atoms with Gasteiger partial charge in [-0.15, -0.1) is 0 Å². The van der Waals surface area contributed by atoms with E-state index < -0.39 is 0 Å². The molecular weight excluding hydrogens is 147 g/mol. The summed E-state index contributed by atoms with van der Waals surface area (Å²) in [7, 11) is 1.62. The third-order valence-corrected chi connectivity index (χ3v) is 0. The first kappa shape index (κ1) is 16.3. The van der Waals surface area contributed by atoms with Crippen LogP contribution in [0.15, 0.2) is 0 Å². The maximum atomic E-state index is 4.25. The molecule has 0 aliphatic carbocycles. The Morgan fingerprint density at radius 1 is 1.40 bits per heavy atom. The van der Waals surface area contributed by atoms with E-state index in [2.05, 4.69) is 3.32 Å². The van der Waals surface area contributed by atoms with Crippen LogP contribution in [0.3, 0.4) is 0 Å². The SMILES string of the molecule is C[O][Ti+2].[Cl-].[Cl-]. The molecule has 0 saturated carbocycles. The molecule has 0 aliphatic heterocycles. The van der Waals surface area contributed by atoms with Crippen LogP contribution in [0.25, 0.3) is 0 Å². The first-order valence-corrected chi connectivity index (χ1v) is 1.25. The Morgan fingerprint density at radius 2 is 1.40 bits per heavy atom. The van der Waals surface area contributed by atoms with Crippen molar-refractivity contribution in [3.8, 4) is 0 Å². The van der Waals surface area contributed by atoms with Gasteiger partial charge in [-0.25, -0.2) is 0 Å². The number of rotatable bonds is 0. The predicted octanol–water partition coefficient (Wildman–Crippen LogP) is -5.90. The zero-order valence-corrected chi connectivity index (χ0v) is 5.74. The fraction of sp³-hybridized carbons (Fsp3) is 1.00. The van der Waals surface area contributed by atoms with Gasteiger partial charge in [0.05, 0.1) is 0 Å². The van der Waals surface area contributed by atoms with Crippen molar-refractivity contribution in [2.45, 2.75) is 0 Å². The zero-order chi connectivity index (χ0) is 2.71. The van der Waals surface area contributed by atoms with E-state index in [1.807, 2.05) is 0 Å². The van der Waals surface area contributed by atoms with E-state index >= 15 is 0 Å². The number of hydrogen-bond donors (Lipinski definition) is 0. The van der Waals surface area contributed by atoms with Gasteiger partial charge in [-0.3, -0.25) is 0 Å². The molecule has 1 nitrogen and oxygen atoms in total. The van der Waals surface area contributed by atoms with E-state index in [1.165, 1.54) is 0 Å². The number of hydrogen-bond acceptors (Lipinski definition) is 1. The van der Waals surface area contributed by atoms with Crippen LogP contribution < -0.4 is 24.8 Å².